The maximum absolute atomic E-state index is 11.3. The number of aromatic nitrogens is 2. The molecule has 90 valence electrons. The Morgan fingerprint density at radius 1 is 1.69 bits per heavy atom. The molecule has 1 aromatic rings. The fraction of sp³-hybridized carbons (Fsp3) is 0.700. The lowest BCUT2D eigenvalue weighted by molar-refractivity contribution is 0.472. The Hall–Kier alpha value is -0.880. The smallest absolute Gasteiger partial charge is 0.150 e. The van der Waals surface area contributed by atoms with Crippen LogP contribution in [0, 0.1) is 5.92 Å². The van der Waals surface area contributed by atoms with E-state index in [-0.39, 0.29) is 17.7 Å². The second-order valence-corrected chi connectivity index (χ2v) is 6.75. The first kappa shape index (κ1) is 11.6. The number of rotatable bonds is 3. The number of hydrogen-bond acceptors (Lipinski definition) is 4. The average molecular weight is 243 g/mol. The lowest BCUT2D eigenvalue weighted by Gasteiger charge is -2.13. The zero-order valence-corrected chi connectivity index (χ0v) is 10.2. The molecule has 6 heteroatoms. The van der Waals surface area contributed by atoms with E-state index in [0.29, 0.717) is 12.2 Å². The summed E-state index contributed by atoms with van der Waals surface area (Å²) in [6.45, 7) is 0. The SMILES string of the molecule is Cn1ccc(C(N)CC2CCS(=O)(=O)C2)n1. The maximum Gasteiger partial charge on any atom is 0.150 e. The molecule has 2 N–H and O–H groups in total. The Morgan fingerprint density at radius 2 is 2.44 bits per heavy atom. The van der Waals surface area contributed by atoms with Crippen molar-refractivity contribution in [2.24, 2.45) is 18.7 Å². The van der Waals surface area contributed by atoms with Crippen molar-refractivity contribution < 1.29 is 8.42 Å². The third-order valence-corrected chi connectivity index (χ3v) is 4.87. The third kappa shape index (κ3) is 2.62. The molecule has 1 saturated heterocycles. The Balaban J connectivity index is 1.96. The van der Waals surface area contributed by atoms with Gasteiger partial charge in [-0.05, 0) is 24.8 Å². The highest BCUT2D eigenvalue weighted by atomic mass is 32.2. The van der Waals surface area contributed by atoms with Crippen molar-refractivity contribution in [3.05, 3.63) is 18.0 Å². The third-order valence-electron chi connectivity index (χ3n) is 3.03. The van der Waals surface area contributed by atoms with E-state index in [1.54, 1.807) is 4.68 Å². The van der Waals surface area contributed by atoms with Gasteiger partial charge in [0.15, 0.2) is 9.84 Å². The molecule has 1 aliphatic heterocycles. The Bertz CT molecular complexity index is 466. The molecule has 16 heavy (non-hydrogen) atoms. The van der Waals surface area contributed by atoms with E-state index in [1.807, 2.05) is 19.3 Å². The summed E-state index contributed by atoms with van der Waals surface area (Å²) in [7, 11) is -0.956. The number of aryl methyl sites for hydroxylation is 1. The van der Waals surface area contributed by atoms with E-state index in [0.717, 1.165) is 12.1 Å². The molecular weight excluding hydrogens is 226 g/mol. The molecule has 0 amide bonds. The normalized spacial score (nSPS) is 25.8. The molecule has 2 heterocycles. The van der Waals surface area contributed by atoms with Gasteiger partial charge in [0.1, 0.15) is 0 Å². The van der Waals surface area contributed by atoms with E-state index >= 15 is 0 Å². The van der Waals surface area contributed by atoms with E-state index in [4.69, 9.17) is 5.73 Å². The fourth-order valence-corrected chi connectivity index (χ4v) is 4.05. The summed E-state index contributed by atoms with van der Waals surface area (Å²) < 4.78 is 24.3. The van der Waals surface area contributed by atoms with Crippen LogP contribution in [-0.4, -0.2) is 29.7 Å². The first-order valence-corrected chi connectivity index (χ1v) is 7.24. The Kier molecular flexibility index (Phi) is 3.03. The molecule has 2 rings (SSSR count). The molecule has 2 atom stereocenters. The second kappa shape index (κ2) is 4.18. The zero-order valence-electron chi connectivity index (χ0n) is 9.33. The van der Waals surface area contributed by atoms with Gasteiger partial charge in [0.05, 0.1) is 17.2 Å². The summed E-state index contributed by atoms with van der Waals surface area (Å²) in [6.07, 6.45) is 3.29. The quantitative estimate of drug-likeness (QED) is 0.825. The van der Waals surface area contributed by atoms with E-state index in [9.17, 15) is 8.42 Å². The zero-order chi connectivity index (χ0) is 11.8. The lowest BCUT2D eigenvalue weighted by atomic mass is 9.98. The number of hydrogen-bond donors (Lipinski definition) is 1. The van der Waals surface area contributed by atoms with Gasteiger partial charge in [0.2, 0.25) is 0 Å². The minimum Gasteiger partial charge on any atom is -0.323 e. The van der Waals surface area contributed by atoms with Crippen LogP contribution < -0.4 is 5.73 Å². The van der Waals surface area contributed by atoms with Crippen LogP contribution in [0.15, 0.2) is 12.3 Å². The van der Waals surface area contributed by atoms with Gasteiger partial charge >= 0.3 is 0 Å². The van der Waals surface area contributed by atoms with Gasteiger partial charge in [0.25, 0.3) is 0 Å². The van der Waals surface area contributed by atoms with Crippen molar-refractivity contribution in [3.63, 3.8) is 0 Å². The van der Waals surface area contributed by atoms with Crippen molar-refractivity contribution >= 4 is 9.84 Å². The predicted molar refractivity (Wildman–Crippen MR) is 61.5 cm³/mol. The van der Waals surface area contributed by atoms with Gasteiger partial charge in [-0.3, -0.25) is 4.68 Å². The summed E-state index contributed by atoms with van der Waals surface area (Å²) in [5.41, 5.74) is 6.85. The number of sulfone groups is 1. The molecule has 0 bridgehead atoms. The monoisotopic (exact) mass is 243 g/mol. The van der Waals surface area contributed by atoms with Crippen molar-refractivity contribution in [2.45, 2.75) is 18.9 Å². The molecule has 2 unspecified atom stereocenters. The molecule has 1 aromatic heterocycles. The van der Waals surface area contributed by atoms with Gasteiger partial charge in [0, 0.05) is 19.3 Å². The van der Waals surface area contributed by atoms with Crippen LogP contribution in [-0.2, 0) is 16.9 Å². The average Bonchev–Trinajstić information content (AvgIpc) is 2.73. The number of nitrogens with two attached hydrogens (primary N) is 1. The fourth-order valence-electron chi connectivity index (χ4n) is 2.17. The first-order valence-electron chi connectivity index (χ1n) is 5.42. The predicted octanol–water partition coefficient (Wildman–Crippen LogP) is 0.245. The highest BCUT2D eigenvalue weighted by Crippen LogP contribution is 2.26. The number of nitrogens with zero attached hydrogens (tertiary/aromatic N) is 2. The van der Waals surface area contributed by atoms with Crippen molar-refractivity contribution in [1.29, 1.82) is 0 Å². The van der Waals surface area contributed by atoms with Crippen molar-refractivity contribution in [3.8, 4) is 0 Å². The largest absolute Gasteiger partial charge is 0.323 e. The molecule has 1 aliphatic rings. The summed E-state index contributed by atoms with van der Waals surface area (Å²) in [5.74, 6) is 0.794. The van der Waals surface area contributed by atoms with Gasteiger partial charge < -0.3 is 5.73 Å². The molecule has 0 aromatic carbocycles. The van der Waals surface area contributed by atoms with Crippen LogP contribution in [0.4, 0.5) is 0 Å². The summed E-state index contributed by atoms with van der Waals surface area (Å²) in [6, 6.07) is 1.73. The van der Waals surface area contributed by atoms with E-state index in [2.05, 4.69) is 5.10 Å². The lowest BCUT2D eigenvalue weighted by Crippen LogP contribution is -2.17. The molecule has 5 nitrogen and oxygen atoms in total. The van der Waals surface area contributed by atoms with E-state index < -0.39 is 9.84 Å². The van der Waals surface area contributed by atoms with Crippen molar-refractivity contribution in [2.75, 3.05) is 11.5 Å². The van der Waals surface area contributed by atoms with Gasteiger partial charge in [-0.1, -0.05) is 0 Å². The standard InChI is InChI=1S/C10H17N3O2S/c1-13-4-2-10(12-13)9(11)6-8-3-5-16(14,15)7-8/h2,4,8-9H,3,5-7,11H2,1H3. The summed E-state index contributed by atoms with van der Waals surface area (Å²) >= 11 is 0. The topological polar surface area (TPSA) is 78.0 Å². The summed E-state index contributed by atoms with van der Waals surface area (Å²) in [5, 5.41) is 4.23. The molecular formula is C10H17N3O2S. The van der Waals surface area contributed by atoms with E-state index in [1.165, 1.54) is 0 Å². The van der Waals surface area contributed by atoms with Gasteiger partial charge in [-0.25, -0.2) is 8.42 Å². The van der Waals surface area contributed by atoms with Crippen LogP contribution in [0.1, 0.15) is 24.6 Å². The molecule has 0 saturated carbocycles. The highest BCUT2D eigenvalue weighted by Gasteiger charge is 2.29. The van der Waals surface area contributed by atoms with Gasteiger partial charge in [-0.15, -0.1) is 0 Å². The molecule has 1 fully saturated rings. The maximum atomic E-state index is 11.3. The second-order valence-electron chi connectivity index (χ2n) is 4.53. The van der Waals surface area contributed by atoms with Crippen LogP contribution in [0.5, 0.6) is 0 Å². The van der Waals surface area contributed by atoms with Crippen LogP contribution in [0.3, 0.4) is 0 Å². The first-order chi connectivity index (χ1) is 7.46. The molecule has 0 aliphatic carbocycles. The Labute approximate surface area is 95.6 Å². The van der Waals surface area contributed by atoms with Crippen LogP contribution >= 0.6 is 0 Å². The van der Waals surface area contributed by atoms with Crippen LogP contribution in [0.25, 0.3) is 0 Å². The molecule has 0 radical (unpaired) electrons. The van der Waals surface area contributed by atoms with Gasteiger partial charge in [-0.2, -0.15) is 5.10 Å². The minimum absolute atomic E-state index is 0.153. The highest BCUT2D eigenvalue weighted by molar-refractivity contribution is 7.91. The van der Waals surface area contributed by atoms with Crippen molar-refractivity contribution in [1.82, 2.24) is 9.78 Å². The Morgan fingerprint density at radius 3 is 2.94 bits per heavy atom. The summed E-state index contributed by atoms with van der Waals surface area (Å²) in [4.78, 5) is 0. The minimum atomic E-state index is -2.80. The molecule has 0 spiro atoms. The van der Waals surface area contributed by atoms with Crippen LogP contribution in [0.2, 0.25) is 0 Å².